The van der Waals surface area contributed by atoms with Gasteiger partial charge in [0.1, 0.15) is 11.6 Å². The van der Waals surface area contributed by atoms with Crippen LogP contribution in [0.25, 0.3) is 0 Å². The Balaban J connectivity index is 1.90. The second-order valence-corrected chi connectivity index (χ2v) is 5.00. The third-order valence-corrected chi connectivity index (χ3v) is 3.65. The minimum Gasteiger partial charge on any atom is -0.497 e. The molecule has 0 radical (unpaired) electrons. The van der Waals surface area contributed by atoms with Gasteiger partial charge in [-0.3, -0.25) is 0 Å². The van der Waals surface area contributed by atoms with Crippen molar-refractivity contribution in [3.8, 4) is 5.75 Å². The van der Waals surface area contributed by atoms with Gasteiger partial charge in [-0.15, -0.1) is 0 Å². The number of aryl methyl sites for hydroxylation is 1. The van der Waals surface area contributed by atoms with Crippen LogP contribution in [0.5, 0.6) is 5.75 Å². The number of fused-ring (bicyclic) bond motifs is 1. The molecule has 0 unspecified atom stereocenters. The quantitative estimate of drug-likeness (QED) is 0.924. The average Bonchev–Trinajstić information content (AvgIpc) is 2.95. The second kappa shape index (κ2) is 5.59. The lowest BCUT2D eigenvalue weighted by molar-refractivity contribution is 0.414. The molecule has 1 aromatic heterocycles. The van der Waals surface area contributed by atoms with Gasteiger partial charge in [-0.2, -0.15) is 0 Å². The van der Waals surface area contributed by atoms with Crippen molar-refractivity contribution < 1.29 is 4.74 Å². The van der Waals surface area contributed by atoms with E-state index in [1.165, 1.54) is 16.8 Å². The van der Waals surface area contributed by atoms with E-state index >= 15 is 0 Å². The third-order valence-electron chi connectivity index (χ3n) is 3.65. The number of hydrogen-bond donors (Lipinski definition) is 1. The Labute approximate surface area is 119 Å². The van der Waals surface area contributed by atoms with Gasteiger partial charge in [-0.1, -0.05) is 19.1 Å². The van der Waals surface area contributed by atoms with Gasteiger partial charge < -0.3 is 10.1 Å². The minimum absolute atomic E-state index is 0.747. The number of benzene rings is 1. The molecule has 1 aliphatic heterocycles. The Morgan fingerprint density at radius 2 is 2.15 bits per heavy atom. The summed E-state index contributed by atoms with van der Waals surface area (Å²) < 4.78 is 5.26. The lowest BCUT2D eigenvalue weighted by atomic mass is 10.1. The van der Waals surface area contributed by atoms with Gasteiger partial charge in [-0.05, 0) is 24.1 Å². The van der Waals surface area contributed by atoms with Crippen molar-refractivity contribution >= 4 is 0 Å². The maximum Gasteiger partial charge on any atom is 0.133 e. The molecule has 2 aromatic rings. The zero-order chi connectivity index (χ0) is 13.9. The maximum absolute atomic E-state index is 5.26. The van der Waals surface area contributed by atoms with E-state index in [0.29, 0.717) is 0 Å². The molecule has 0 atom stereocenters. The monoisotopic (exact) mass is 269 g/mol. The number of rotatable bonds is 4. The average molecular weight is 269 g/mol. The summed E-state index contributed by atoms with van der Waals surface area (Å²) in [5.41, 5.74) is 4.81. The predicted molar refractivity (Wildman–Crippen MR) is 77.8 cm³/mol. The summed E-state index contributed by atoms with van der Waals surface area (Å²) in [6.07, 6.45) is 1.70. The van der Waals surface area contributed by atoms with Crippen molar-refractivity contribution in [2.45, 2.75) is 32.9 Å². The third kappa shape index (κ3) is 2.51. The molecule has 0 saturated carbocycles. The molecule has 4 nitrogen and oxygen atoms in total. The fourth-order valence-corrected chi connectivity index (χ4v) is 2.63. The molecular weight excluding hydrogens is 250 g/mol. The smallest absolute Gasteiger partial charge is 0.133 e. The first-order valence-corrected chi connectivity index (χ1v) is 7.01. The van der Waals surface area contributed by atoms with Crippen LogP contribution in [-0.2, 0) is 25.9 Å². The van der Waals surface area contributed by atoms with E-state index in [9.17, 15) is 0 Å². The van der Waals surface area contributed by atoms with E-state index in [-0.39, 0.29) is 0 Å². The summed E-state index contributed by atoms with van der Waals surface area (Å²) in [6, 6.07) is 8.09. The van der Waals surface area contributed by atoms with Crippen LogP contribution in [0.15, 0.2) is 24.3 Å². The number of aromatic nitrogens is 2. The van der Waals surface area contributed by atoms with Gasteiger partial charge >= 0.3 is 0 Å². The molecule has 0 amide bonds. The molecule has 2 heterocycles. The van der Waals surface area contributed by atoms with E-state index in [4.69, 9.17) is 14.7 Å². The summed E-state index contributed by atoms with van der Waals surface area (Å²) in [5.74, 6) is 1.78. The van der Waals surface area contributed by atoms with Gasteiger partial charge in [0, 0.05) is 30.8 Å². The Bertz CT molecular complexity index is 625. The molecule has 104 valence electrons. The molecule has 0 aliphatic carbocycles. The van der Waals surface area contributed by atoms with E-state index < -0.39 is 0 Å². The molecule has 1 N–H and O–H groups in total. The number of ether oxygens (including phenoxy) is 1. The predicted octanol–water partition coefficient (Wildman–Crippen LogP) is 2.24. The van der Waals surface area contributed by atoms with Crippen molar-refractivity contribution in [3.05, 3.63) is 52.6 Å². The van der Waals surface area contributed by atoms with Crippen LogP contribution in [0.3, 0.4) is 0 Å². The van der Waals surface area contributed by atoms with Gasteiger partial charge in [-0.25, -0.2) is 9.97 Å². The molecule has 1 aliphatic rings. The van der Waals surface area contributed by atoms with Crippen LogP contribution in [0.2, 0.25) is 0 Å². The summed E-state index contributed by atoms with van der Waals surface area (Å²) in [5, 5.41) is 3.35. The van der Waals surface area contributed by atoms with E-state index in [2.05, 4.69) is 18.3 Å². The Kier molecular flexibility index (Phi) is 3.65. The summed E-state index contributed by atoms with van der Waals surface area (Å²) in [7, 11) is 1.69. The summed E-state index contributed by atoms with van der Waals surface area (Å²) in [4.78, 5) is 9.42. The number of hydrogen-bond acceptors (Lipinski definition) is 4. The highest BCUT2D eigenvalue weighted by Crippen LogP contribution is 2.20. The minimum atomic E-state index is 0.747. The number of methoxy groups -OCH3 is 1. The van der Waals surface area contributed by atoms with Crippen LogP contribution in [0, 0.1) is 0 Å². The zero-order valence-electron chi connectivity index (χ0n) is 11.9. The van der Waals surface area contributed by atoms with E-state index in [1.807, 2.05) is 18.2 Å². The van der Waals surface area contributed by atoms with Crippen molar-refractivity contribution in [1.82, 2.24) is 15.3 Å². The first kappa shape index (κ1) is 13.1. The normalized spacial score (nSPS) is 13.3. The molecule has 0 spiro atoms. The lowest BCUT2D eigenvalue weighted by Gasteiger charge is -2.09. The first-order chi connectivity index (χ1) is 9.80. The van der Waals surface area contributed by atoms with Gasteiger partial charge in [0.05, 0.1) is 12.8 Å². The van der Waals surface area contributed by atoms with Crippen LogP contribution >= 0.6 is 0 Å². The van der Waals surface area contributed by atoms with Crippen molar-refractivity contribution in [2.24, 2.45) is 0 Å². The van der Waals surface area contributed by atoms with Crippen molar-refractivity contribution in [2.75, 3.05) is 7.11 Å². The van der Waals surface area contributed by atoms with Gasteiger partial charge in [0.15, 0.2) is 0 Å². The molecular formula is C16H19N3O. The van der Waals surface area contributed by atoms with Crippen molar-refractivity contribution in [1.29, 1.82) is 0 Å². The highest BCUT2D eigenvalue weighted by molar-refractivity contribution is 5.33. The van der Waals surface area contributed by atoms with E-state index in [1.54, 1.807) is 7.11 Å². The SMILES string of the molecule is CCc1nc(Cc2cccc(OC)c2)nc2c1CNC2. The van der Waals surface area contributed by atoms with Gasteiger partial charge in [0.25, 0.3) is 0 Å². The molecule has 20 heavy (non-hydrogen) atoms. The summed E-state index contributed by atoms with van der Waals surface area (Å²) in [6.45, 7) is 3.91. The largest absolute Gasteiger partial charge is 0.497 e. The highest BCUT2D eigenvalue weighted by atomic mass is 16.5. The maximum atomic E-state index is 5.26. The standard InChI is InChI=1S/C16H19N3O/c1-3-14-13-9-17-10-15(13)19-16(18-14)8-11-5-4-6-12(7-11)20-2/h4-7,17H,3,8-10H2,1-2H3. The molecule has 0 bridgehead atoms. The Morgan fingerprint density at radius 1 is 1.25 bits per heavy atom. The van der Waals surface area contributed by atoms with Crippen LogP contribution in [0.4, 0.5) is 0 Å². The highest BCUT2D eigenvalue weighted by Gasteiger charge is 2.17. The topological polar surface area (TPSA) is 47.0 Å². The number of nitrogens with zero attached hydrogens (tertiary/aromatic N) is 2. The molecule has 4 heteroatoms. The zero-order valence-corrected chi connectivity index (χ0v) is 11.9. The summed E-state index contributed by atoms with van der Waals surface area (Å²) >= 11 is 0. The van der Waals surface area contributed by atoms with Crippen LogP contribution in [-0.4, -0.2) is 17.1 Å². The van der Waals surface area contributed by atoms with E-state index in [0.717, 1.165) is 43.2 Å². The van der Waals surface area contributed by atoms with Gasteiger partial charge in [0.2, 0.25) is 0 Å². The fourth-order valence-electron chi connectivity index (χ4n) is 2.63. The molecule has 1 aromatic carbocycles. The molecule has 0 saturated heterocycles. The Hall–Kier alpha value is -1.94. The van der Waals surface area contributed by atoms with Crippen LogP contribution < -0.4 is 10.1 Å². The second-order valence-electron chi connectivity index (χ2n) is 5.00. The van der Waals surface area contributed by atoms with Crippen molar-refractivity contribution in [3.63, 3.8) is 0 Å². The van der Waals surface area contributed by atoms with Crippen LogP contribution in [0.1, 0.15) is 35.3 Å². The Morgan fingerprint density at radius 3 is 2.95 bits per heavy atom. The molecule has 0 fully saturated rings. The lowest BCUT2D eigenvalue weighted by Crippen LogP contribution is -2.06. The fraction of sp³-hybridized carbons (Fsp3) is 0.375. The molecule has 3 rings (SSSR count). The number of nitrogens with one attached hydrogen (secondary N) is 1. The first-order valence-electron chi connectivity index (χ1n) is 7.01.